The van der Waals surface area contributed by atoms with Gasteiger partial charge in [0.25, 0.3) is 0 Å². The molecule has 0 heterocycles. The van der Waals surface area contributed by atoms with Crippen LogP contribution in [0.2, 0.25) is 0 Å². The van der Waals surface area contributed by atoms with Gasteiger partial charge in [-0.15, -0.1) is 0 Å². The van der Waals surface area contributed by atoms with E-state index in [1.54, 1.807) is 14.2 Å². The number of methoxy groups -OCH3 is 1. The number of hydrogen-bond donors (Lipinski definition) is 1. The van der Waals surface area contributed by atoms with Crippen LogP contribution in [0, 0.1) is 0 Å². The summed E-state index contributed by atoms with van der Waals surface area (Å²) in [5.74, 6) is 0. The number of hydroxylamine groups is 1. The molecule has 0 amide bonds. The van der Waals surface area contributed by atoms with Crippen LogP contribution in [0.25, 0.3) is 0 Å². The fourth-order valence-corrected chi connectivity index (χ4v) is 1.56. The number of nitrogens with zero attached hydrogens (tertiary/aromatic N) is 2. The molecule has 4 nitrogen and oxygen atoms in total. The van der Waals surface area contributed by atoms with Crippen LogP contribution >= 0.6 is 0 Å². The summed E-state index contributed by atoms with van der Waals surface area (Å²) in [5, 5.41) is 10.4. The van der Waals surface area contributed by atoms with E-state index in [-0.39, 0.29) is 0 Å². The van der Waals surface area contributed by atoms with E-state index in [1.165, 1.54) is 5.56 Å². The number of ether oxygens (including phenoxy) is 1. The standard InChI is InChI=1S/C13H22N2O2/c1-14(10-11-17-3)9-8-12-4-6-13(7-5-12)15(2)16/h4-7,16H,8-11H2,1-3H3. The Morgan fingerprint density at radius 1 is 1.12 bits per heavy atom. The Kier molecular flexibility index (Phi) is 5.97. The molecule has 17 heavy (non-hydrogen) atoms. The first-order valence-corrected chi connectivity index (χ1v) is 5.82. The number of anilines is 1. The highest BCUT2D eigenvalue weighted by atomic mass is 16.5. The van der Waals surface area contributed by atoms with E-state index in [1.807, 2.05) is 24.3 Å². The van der Waals surface area contributed by atoms with Crippen LogP contribution in [0.4, 0.5) is 5.69 Å². The topological polar surface area (TPSA) is 35.9 Å². The van der Waals surface area contributed by atoms with Gasteiger partial charge in [-0.25, -0.2) is 0 Å². The molecule has 4 heteroatoms. The first-order valence-electron chi connectivity index (χ1n) is 5.82. The lowest BCUT2D eigenvalue weighted by molar-refractivity contribution is 0.162. The van der Waals surface area contributed by atoms with Crippen LogP contribution in [-0.2, 0) is 11.2 Å². The summed E-state index contributed by atoms with van der Waals surface area (Å²) < 4.78 is 5.03. The summed E-state index contributed by atoms with van der Waals surface area (Å²) >= 11 is 0. The third-order valence-corrected chi connectivity index (χ3v) is 2.77. The molecule has 1 rings (SSSR count). The summed E-state index contributed by atoms with van der Waals surface area (Å²) in [6, 6.07) is 7.94. The summed E-state index contributed by atoms with van der Waals surface area (Å²) in [6.07, 6.45) is 1.01. The van der Waals surface area contributed by atoms with Crippen molar-refractivity contribution in [2.24, 2.45) is 0 Å². The number of hydrogen-bond acceptors (Lipinski definition) is 4. The zero-order valence-corrected chi connectivity index (χ0v) is 10.9. The average molecular weight is 238 g/mol. The van der Waals surface area contributed by atoms with Crippen LogP contribution in [0.15, 0.2) is 24.3 Å². The SMILES string of the molecule is COCCN(C)CCc1ccc(N(C)O)cc1. The van der Waals surface area contributed by atoms with Gasteiger partial charge >= 0.3 is 0 Å². The molecule has 0 saturated heterocycles. The highest BCUT2D eigenvalue weighted by Crippen LogP contribution is 2.12. The zero-order chi connectivity index (χ0) is 12.7. The fourth-order valence-electron chi connectivity index (χ4n) is 1.56. The van der Waals surface area contributed by atoms with Gasteiger partial charge in [-0.1, -0.05) is 12.1 Å². The van der Waals surface area contributed by atoms with Crippen LogP contribution in [0.1, 0.15) is 5.56 Å². The summed E-state index contributed by atoms with van der Waals surface area (Å²) in [6.45, 7) is 2.73. The molecule has 0 aliphatic rings. The number of benzene rings is 1. The quantitative estimate of drug-likeness (QED) is 0.732. The highest BCUT2D eigenvalue weighted by molar-refractivity contribution is 5.44. The van der Waals surface area contributed by atoms with E-state index >= 15 is 0 Å². The van der Waals surface area contributed by atoms with Gasteiger partial charge in [0.05, 0.1) is 12.3 Å². The van der Waals surface area contributed by atoms with Crippen molar-refractivity contribution in [1.82, 2.24) is 4.90 Å². The van der Waals surface area contributed by atoms with Gasteiger partial charge in [0.2, 0.25) is 0 Å². The molecule has 1 N–H and O–H groups in total. The van der Waals surface area contributed by atoms with Crippen molar-refractivity contribution in [3.63, 3.8) is 0 Å². The molecule has 0 spiro atoms. The summed E-state index contributed by atoms with van der Waals surface area (Å²) in [4.78, 5) is 2.25. The Morgan fingerprint density at radius 3 is 2.29 bits per heavy atom. The Balaban J connectivity index is 2.36. The molecular weight excluding hydrogens is 216 g/mol. The molecule has 0 aromatic heterocycles. The van der Waals surface area contributed by atoms with Crippen molar-refractivity contribution in [1.29, 1.82) is 0 Å². The van der Waals surface area contributed by atoms with Crippen LogP contribution in [0.5, 0.6) is 0 Å². The van der Waals surface area contributed by atoms with Crippen molar-refractivity contribution >= 4 is 5.69 Å². The predicted octanol–water partition coefficient (Wildman–Crippen LogP) is 1.63. The second-order valence-corrected chi connectivity index (χ2v) is 4.24. The molecule has 96 valence electrons. The van der Waals surface area contributed by atoms with Crippen LogP contribution < -0.4 is 5.06 Å². The fraction of sp³-hybridized carbons (Fsp3) is 0.538. The maximum absolute atomic E-state index is 9.24. The van der Waals surface area contributed by atoms with Gasteiger partial charge in [0, 0.05) is 27.2 Å². The van der Waals surface area contributed by atoms with Crippen molar-refractivity contribution in [3.8, 4) is 0 Å². The van der Waals surface area contributed by atoms with Gasteiger partial charge in [-0.3, -0.25) is 10.3 Å². The molecule has 0 aliphatic carbocycles. The van der Waals surface area contributed by atoms with Gasteiger partial charge in [-0.2, -0.15) is 0 Å². The largest absolute Gasteiger partial charge is 0.383 e. The van der Waals surface area contributed by atoms with Crippen LogP contribution in [0.3, 0.4) is 0 Å². The zero-order valence-electron chi connectivity index (χ0n) is 10.9. The Hall–Kier alpha value is -1.10. The molecular formula is C13H22N2O2. The van der Waals surface area contributed by atoms with Gasteiger partial charge in [-0.05, 0) is 31.2 Å². The van der Waals surface area contributed by atoms with Gasteiger partial charge < -0.3 is 9.64 Å². The second kappa shape index (κ2) is 7.27. The van der Waals surface area contributed by atoms with E-state index in [4.69, 9.17) is 4.74 Å². The molecule has 1 aromatic carbocycles. The van der Waals surface area contributed by atoms with Gasteiger partial charge in [0.15, 0.2) is 0 Å². The van der Waals surface area contributed by atoms with E-state index in [9.17, 15) is 5.21 Å². The van der Waals surface area contributed by atoms with Crippen molar-refractivity contribution in [2.45, 2.75) is 6.42 Å². The first-order chi connectivity index (χ1) is 8.13. The minimum absolute atomic E-state index is 0.769. The minimum Gasteiger partial charge on any atom is -0.383 e. The van der Waals surface area contributed by atoms with Crippen molar-refractivity contribution in [3.05, 3.63) is 29.8 Å². The maximum Gasteiger partial charge on any atom is 0.0630 e. The average Bonchev–Trinajstić information content (AvgIpc) is 2.34. The highest BCUT2D eigenvalue weighted by Gasteiger charge is 2.00. The third-order valence-electron chi connectivity index (χ3n) is 2.77. The summed E-state index contributed by atoms with van der Waals surface area (Å²) in [5.41, 5.74) is 2.08. The van der Waals surface area contributed by atoms with Crippen molar-refractivity contribution < 1.29 is 9.94 Å². The van der Waals surface area contributed by atoms with E-state index < -0.39 is 0 Å². The molecule has 0 fully saturated rings. The lowest BCUT2D eigenvalue weighted by atomic mass is 10.1. The van der Waals surface area contributed by atoms with Gasteiger partial charge in [0.1, 0.15) is 0 Å². The van der Waals surface area contributed by atoms with E-state index in [0.717, 1.165) is 36.9 Å². The monoisotopic (exact) mass is 238 g/mol. The Labute approximate surface area is 103 Å². The minimum atomic E-state index is 0.769. The molecule has 0 unspecified atom stereocenters. The Morgan fingerprint density at radius 2 is 1.76 bits per heavy atom. The van der Waals surface area contributed by atoms with Crippen LogP contribution in [-0.4, -0.2) is 51.0 Å². The molecule has 0 atom stereocenters. The second-order valence-electron chi connectivity index (χ2n) is 4.24. The van der Waals surface area contributed by atoms with Crippen molar-refractivity contribution in [2.75, 3.05) is 46.0 Å². The van der Waals surface area contributed by atoms with E-state index in [0.29, 0.717) is 0 Å². The normalized spacial score (nSPS) is 10.9. The predicted molar refractivity (Wildman–Crippen MR) is 69.7 cm³/mol. The maximum atomic E-state index is 9.24. The number of rotatable bonds is 7. The lowest BCUT2D eigenvalue weighted by Crippen LogP contribution is -2.25. The smallest absolute Gasteiger partial charge is 0.0630 e. The summed E-state index contributed by atoms with van der Waals surface area (Å²) in [7, 11) is 5.43. The molecule has 0 saturated carbocycles. The molecule has 1 aromatic rings. The third kappa shape index (κ3) is 5.17. The molecule has 0 radical (unpaired) electrons. The first kappa shape index (κ1) is 14.0. The van der Waals surface area contributed by atoms with E-state index in [2.05, 4.69) is 11.9 Å². The molecule has 0 bridgehead atoms. The Bertz CT molecular complexity index is 312. The lowest BCUT2D eigenvalue weighted by Gasteiger charge is -2.16. The number of likely N-dealkylation sites (N-methyl/N-ethyl adjacent to an activating group) is 1. The molecule has 0 aliphatic heterocycles.